The number of pyridine rings is 1. The lowest BCUT2D eigenvalue weighted by atomic mass is 10.1. The molecule has 1 aliphatic rings. The molecule has 4 heterocycles. The summed E-state index contributed by atoms with van der Waals surface area (Å²) in [6.45, 7) is 2.92. The van der Waals surface area contributed by atoms with Crippen LogP contribution in [-0.2, 0) is 11.0 Å². The fourth-order valence-electron chi connectivity index (χ4n) is 3.46. The number of carbonyl (C=O) groups excluding carboxylic acids is 1. The summed E-state index contributed by atoms with van der Waals surface area (Å²) in [5.41, 5.74) is -0.651. The van der Waals surface area contributed by atoms with Crippen LogP contribution >= 0.6 is 11.3 Å². The van der Waals surface area contributed by atoms with Crippen molar-refractivity contribution >= 4 is 27.5 Å². The molecule has 0 saturated carbocycles. The zero-order valence-electron chi connectivity index (χ0n) is 16.8. The Kier molecular flexibility index (Phi) is 5.69. The van der Waals surface area contributed by atoms with Gasteiger partial charge in [-0.1, -0.05) is 6.92 Å². The molecule has 1 fully saturated rings. The van der Waals surface area contributed by atoms with E-state index in [1.165, 1.54) is 23.9 Å². The van der Waals surface area contributed by atoms with E-state index in [0.29, 0.717) is 52.5 Å². The summed E-state index contributed by atoms with van der Waals surface area (Å²) in [5, 5.41) is 0.604. The molecule has 7 nitrogen and oxygen atoms in total. The standard InChI is InChI=1S/C20H19F3N4O3S/c1-3-16(28)27-5-4-12(9-27)30-17-13-7-15(31-19(13)26-10-25-17)11-6-14(20(21,22)23)18(29-2)24-8-11/h6-8,10,12H,3-5,9H2,1-2H3/t12-/m0/s1. The van der Waals surface area contributed by atoms with Crippen molar-refractivity contribution in [3.63, 3.8) is 0 Å². The Morgan fingerprint density at radius 2 is 2.06 bits per heavy atom. The summed E-state index contributed by atoms with van der Waals surface area (Å²) in [7, 11) is 1.15. The highest BCUT2D eigenvalue weighted by atomic mass is 32.1. The van der Waals surface area contributed by atoms with Crippen molar-refractivity contribution in [3.8, 4) is 22.2 Å². The molecule has 0 spiro atoms. The Hall–Kier alpha value is -2.95. The van der Waals surface area contributed by atoms with Gasteiger partial charge in [0.15, 0.2) is 0 Å². The average Bonchev–Trinajstić information content (AvgIpc) is 3.40. The van der Waals surface area contributed by atoms with Crippen LogP contribution in [0.5, 0.6) is 11.8 Å². The van der Waals surface area contributed by atoms with Gasteiger partial charge in [0, 0.05) is 36.0 Å². The van der Waals surface area contributed by atoms with Gasteiger partial charge in [0.05, 0.1) is 19.0 Å². The van der Waals surface area contributed by atoms with Crippen molar-refractivity contribution in [1.82, 2.24) is 19.9 Å². The summed E-state index contributed by atoms with van der Waals surface area (Å²) in [4.78, 5) is 27.0. The van der Waals surface area contributed by atoms with Gasteiger partial charge in [-0.05, 0) is 12.1 Å². The Morgan fingerprint density at radius 1 is 1.26 bits per heavy atom. The van der Waals surface area contributed by atoms with Crippen LogP contribution < -0.4 is 9.47 Å². The molecule has 164 valence electrons. The van der Waals surface area contributed by atoms with Crippen molar-refractivity contribution in [2.75, 3.05) is 20.2 Å². The molecule has 1 amide bonds. The van der Waals surface area contributed by atoms with E-state index in [9.17, 15) is 18.0 Å². The third kappa shape index (κ3) is 4.27. The number of methoxy groups -OCH3 is 1. The quantitative estimate of drug-likeness (QED) is 0.578. The molecule has 0 N–H and O–H groups in total. The van der Waals surface area contributed by atoms with Crippen LogP contribution in [0.2, 0.25) is 0 Å². The maximum Gasteiger partial charge on any atom is 0.421 e. The van der Waals surface area contributed by atoms with Crippen LogP contribution in [0.4, 0.5) is 13.2 Å². The summed E-state index contributed by atoms with van der Waals surface area (Å²) >= 11 is 1.22. The molecular formula is C20H19F3N4O3S. The van der Waals surface area contributed by atoms with Gasteiger partial charge in [0.2, 0.25) is 17.7 Å². The zero-order chi connectivity index (χ0) is 22.2. The van der Waals surface area contributed by atoms with Gasteiger partial charge in [-0.3, -0.25) is 4.79 Å². The Labute approximate surface area is 179 Å². The van der Waals surface area contributed by atoms with E-state index in [0.717, 1.165) is 13.2 Å². The first-order valence-electron chi connectivity index (χ1n) is 9.60. The minimum atomic E-state index is -4.59. The number of alkyl halides is 3. The lowest BCUT2D eigenvalue weighted by molar-refractivity contribution is -0.139. The molecule has 3 aromatic heterocycles. The Balaban J connectivity index is 1.64. The van der Waals surface area contributed by atoms with Gasteiger partial charge in [0.25, 0.3) is 0 Å². The SMILES string of the molecule is CCC(=O)N1CC[C@H](Oc2ncnc3sc(-c4cnc(OC)c(C(F)(F)F)c4)cc23)C1. The lowest BCUT2D eigenvalue weighted by Crippen LogP contribution is -2.30. The smallest absolute Gasteiger partial charge is 0.421 e. The highest BCUT2D eigenvalue weighted by Crippen LogP contribution is 2.40. The van der Waals surface area contributed by atoms with Gasteiger partial charge < -0.3 is 14.4 Å². The lowest BCUT2D eigenvalue weighted by Gasteiger charge is -2.16. The van der Waals surface area contributed by atoms with Crippen LogP contribution in [0.15, 0.2) is 24.7 Å². The number of fused-ring (bicyclic) bond motifs is 1. The van der Waals surface area contributed by atoms with Gasteiger partial charge in [-0.25, -0.2) is 15.0 Å². The van der Waals surface area contributed by atoms with E-state index in [2.05, 4.69) is 15.0 Å². The van der Waals surface area contributed by atoms with E-state index in [1.54, 1.807) is 11.0 Å². The van der Waals surface area contributed by atoms with Crippen LogP contribution in [0.3, 0.4) is 0 Å². The molecule has 1 saturated heterocycles. The van der Waals surface area contributed by atoms with Crippen LogP contribution in [0.25, 0.3) is 20.7 Å². The summed E-state index contributed by atoms with van der Waals surface area (Å²) in [6, 6.07) is 2.71. The number of likely N-dealkylation sites (tertiary alicyclic amines) is 1. The van der Waals surface area contributed by atoms with Gasteiger partial charge in [0.1, 0.15) is 22.8 Å². The molecular weight excluding hydrogens is 433 g/mol. The molecule has 31 heavy (non-hydrogen) atoms. The molecule has 0 aliphatic carbocycles. The molecule has 0 bridgehead atoms. The maximum atomic E-state index is 13.4. The first-order chi connectivity index (χ1) is 14.8. The number of rotatable bonds is 5. The Bertz CT molecular complexity index is 1120. The van der Waals surface area contributed by atoms with Crippen molar-refractivity contribution in [2.45, 2.75) is 32.0 Å². The van der Waals surface area contributed by atoms with E-state index >= 15 is 0 Å². The van der Waals surface area contributed by atoms with Crippen molar-refractivity contribution in [1.29, 1.82) is 0 Å². The van der Waals surface area contributed by atoms with Crippen molar-refractivity contribution in [3.05, 3.63) is 30.2 Å². The molecule has 0 unspecified atom stereocenters. The molecule has 0 radical (unpaired) electrons. The second kappa shape index (κ2) is 8.29. The fraction of sp³-hybridized carbons (Fsp3) is 0.400. The number of carbonyl (C=O) groups is 1. The average molecular weight is 452 g/mol. The molecule has 11 heteroatoms. The number of nitrogens with zero attached hydrogens (tertiary/aromatic N) is 4. The van der Waals surface area contributed by atoms with Crippen molar-refractivity contribution < 1.29 is 27.4 Å². The van der Waals surface area contributed by atoms with E-state index in [1.807, 2.05) is 6.92 Å². The zero-order valence-corrected chi connectivity index (χ0v) is 17.6. The Morgan fingerprint density at radius 3 is 2.77 bits per heavy atom. The second-order valence-corrected chi connectivity index (χ2v) is 8.04. The molecule has 1 aliphatic heterocycles. The first-order valence-corrected chi connectivity index (χ1v) is 10.4. The molecule has 3 aromatic rings. The third-order valence-corrected chi connectivity index (χ3v) is 6.10. The van der Waals surface area contributed by atoms with Crippen LogP contribution in [-0.4, -0.2) is 52.1 Å². The number of halogens is 3. The highest BCUT2D eigenvalue weighted by Gasteiger charge is 2.36. The summed E-state index contributed by atoms with van der Waals surface area (Å²) in [6.07, 6.45) is -0.979. The number of hydrogen-bond donors (Lipinski definition) is 0. The normalized spacial score (nSPS) is 16.7. The topological polar surface area (TPSA) is 77.4 Å². The number of amides is 1. The van der Waals surface area contributed by atoms with Crippen LogP contribution in [0, 0.1) is 0 Å². The van der Waals surface area contributed by atoms with Gasteiger partial charge in [-0.2, -0.15) is 13.2 Å². The first kappa shape index (κ1) is 21.3. The van der Waals surface area contributed by atoms with Gasteiger partial charge in [-0.15, -0.1) is 11.3 Å². The van der Waals surface area contributed by atoms with E-state index < -0.39 is 17.6 Å². The molecule has 4 rings (SSSR count). The number of thiophene rings is 1. The highest BCUT2D eigenvalue weighted by molar-refractivity contribution is 7.21. The van der Waals surface area contributed by atoms with E-state index in [-0.39, 0.29) is 12.0 Å². The van der Waals surface area contributed by atoms with Crippen molar-refractivity contribution in [2.24, 2.45) is 0 Å². The molecule has 0 aromatic carbocycles. The van der Waals surface area contributed by atoms with Gasteiger partial charge >= 0.3 is 6.18 Å². The molecule has 1 atom stereocenters. The third-order valence-electron chi connectivity index (χ3n) is 5.01. The monoisotopic (exact) mass is 452 g/mol. The number of aromatic nitrogens is 3. The number of ether oxygens (including phenoxy) is 2. The van der Waals surface area contributed by atoms with Crippen LogP contribution in [0.1, 0.15) is 25.3 Å². The predicted octanol–water partition coefficient (Wildman–Crippen LogP) is 4.17. The summed E-state index contributed by atoms with van der Waals surface area (Å²) < 4.78 is 50.8. The predicted molar refractivity (Wildman–Crippen MR) is 108 cm³/mol. The largest absolute Gasteiger partial charge is 0.481 e. The summed E-state index contributed by atoms with van der Waals surface area (Å²) in [5.74, 6) is -0.0568. The fourth-order valence-corrected chi connectivity index (χ4v) is 4.43. The second-order valence-electron chi connectivity index (χ2n) is 7.01. The number of hydrogen-bond acceptors (Lipinski definition) is 7. The minimum Gasteiger partial charge on any atom is -0.481 e. The minimum absolute atomic E-state index is 0.0734. The maximum absolute atomic E-state index is 13.4. The van der Waals surface area contributed by atoms with E-state index in [4.69, 9.17) is 9.47 Å².